The first-order chi connectivity index (χ1) is 10.1. The van der Waals surface area contributed by atoms with E-state index in [9.17, 15) is 13.2 Å². The minimum absolute atomic E-state index is 0.00154. The zero-order chi connectivity index (χ0) is 16.7. The molecule has 1 aliphatic carbocycles. The van der Waals surface area contributed by atoms with E-state index < -0.39 is 26.1 Å². The number of nitrogens with zero attached hydrogens (tertiary/aromatic N) is 1. The third kappa shape index (κ3) is 2.95. The molecule has 0 aliphatic heterocycles. The normalized spacial score (nSPS) is 28.3. The first-order valence-electron chi connectivity index (χ1n) is 6.23. The second-order valence-corrected chi connectivity index (χ2v) is 8.17. The van der Waals surface area contributed by atoms with Gasteiger partial charge in [-0.1, -0.05) is 29.8 Å². The van der Waals surface area contributed by atoms with Gasteiger partial charge in [-0.2, -0.15) is 12.8 Å². The molecule has 118 valence electrons. The van der Waals surface area contributed by atoms with Gasteiger partial charge in [0.2, 0.25) is 0 Å². The zero-order valence-corrected chi connectivity index (χ0v) is 14.8. The van der Waals surface area contributed by atoms with Crippen LogP contribution in [0.4, 0.5) is 0 Å². The SMILES string of the molecule is CC1=C(Cl)C(=NS(=O)(=O)c2ccccc2)[C@@H](Cl)[C@](C)(Cl)C1=O. The predicted molar refractivity (Wildman–Crippen MR) is 88.5 cm³/mol. The summed E-state index contributed by atoms with van der Waals surface area (Å²) in [6.07, 6.45) is 0. The molecule has 0 bridgehead atoms. The van der Waals surface area contributed by atoms with Crippen LogP contribution in [-0.4, -0.2) is 30.2 Å². The molecule has 0 amide bonds. The lowest BCUT2D eigenvalue weighted by Gasteiger charge is -2.32. The number of halogens is 3. The van der Waals surface area contributed by atoms with E-state index in [4.69, 9.17) is 34.8 Å². The Morgan fingerprint density at radius 1 is 1.23 bits per heavy atom. The van der Waals surface area contributed by atoms with E-state index in [-0.39, 0.29) is 21.2 Å². The summed E-state index contributed by atoms with van der Waals surface area (Å²) in [6.45, 7) is 2.87. The Hall–Kier alpha value is -0.880. The fourth-order valence-electron chi connectivity index (χ4n) is 2.00. The van der Waals surface area contributed by atoms with Gasteiger partial charge in [-0.15, -0.1) is 23.2 Å². The molecule has 2 rings (SSSR count). The van der Waals surface area contributed by atoms with Crippen molar-refractivity contribution in [2.24, 2.45) is 4.40 Å². The third-order valence-corrected chi connectivity index (χ3v) is 6.24. The van der Waals surface area contributed by atoms with Crippen molar-refractivity contribution in [3.8, 4) is 0 Å². The van der Waals surface area contributed by atoms with Crippen LogP contribution in [-0.2, 0) is 14.8 Å². The van der Waals surface area contributed by atoms with Crippen molar-refractivity contribution in [2.45, 2.75) is 29.0 Å². The van der Waals surface area contributed by atoms with Gasteiger partial charge in [0.15, 0.2) is 5.78 Å². The van der Waals surface area contributed by atoms with Gasteiger partial charge in [0.1, 0.15) is 10.3 Å². The second-order valence-electron chi connectivity index (χ2n) is 4.97. The number of Topliss-reactive ketones (excluding diaryl/α,β-unsaturated/α-hetero) is 1. The molecule has 0 aromatic heterocycles. The Morgan fingerprint density at radius 3 is 2.32 bits per heavy atom. The standard InChI is InChI=1S/C14H12Cl3NO3S/c1-8-10(15)11(12(16)14(2,17)13(8)19)18-22(20,21)9-6-4-3-5-7-9/h3-7,12H,1-2H3/t12-,14+/m1/s1. The van der Waals surface area contributed by atoms with Crippen LogP contribution < -0.4 is 0 Å². The average molecular weight is 381 g/mol. The Kier molecular flexibility index (Phi) is 4.74. The summed E-state index contributed by atoms with van der Waals surface area (Å²) in [5.41, 5.74) is 0.0138. The summed E-state index contributed by atoms with van der Waals surface area (Å²) in [7, 11) is -4.00. The van der Waals surface area contributed by atoms with Crippen LogP contribution in [0, 0.1) is 0 Å². The molecule has 1 aromatic rings. The van der Waals surface area contributed by atoms with E-state index >= 15 is 0 Å². The highest BCUT2D eigenvalue weighted by Crippen LogP contribution is 2.38. The van der Waals surface area contributed by atoms with Crippen molar-refractivity contribution >= 4 is 56.3 Å². The number of allylic oxidation sites excluding steroid dienone is 2. The van der Waals surface area contributed by atoms with Crippen molar-refractivity contribution in [1.82, 2.24) is 0 Å². The largest absolute Gasteiger partial charge is 0.292 e. The quantitative estimate of drug-likeness (QED) is 0.737. The summed E-state index contributed by atoms with van der Waals surface area (Å²) in [4.78, 5) is 10.6. The van der Waals surface area contributed by atoms with Gasteiger partial charge in [0.25, 0.3) is 10.0 Å². The number of carbonyl (C=O) groups excluding carboxylic acids is 1. The van der Waals surface area contributed by atoms with E-state index in [1.54, 1.807) is 18.2 Å². The molecular weight excluding hydrogens is 369 g/mol. The first kappa shape index (κ1) is 17.5. The molecule has 0 N–H and O–H groups in total. The molecule has 0 saturated heterocycles. The van der Waals surface area contributed by atoms with Gasteiger partial charge >= 0.3 is 0 Å². The van der Waals surface area contributed by atoms with E-state index in [0.717, 1.165) is 0 Å². The summed E-state index contributed by atoms with van der Waals surface area (Å²) < 4.78 is 28.4. The highest BCUT2D eigenvalue weighted by atomic mass is 35.5. The number of hydrogen-bond acceptors (Lipinski definition) is 3. The minimum atomic E-state index is -4.00. The fraction of sp³-hybridized carbons (Fsp3) is 0.286. The maximum absolute atomic E-state index is 12.3. The molecule has 0 radical (unpaired) electrons. The number of alkyl halides is 2. The Balaban J connectivity index is 2.63. The molecule has 0 saturated carbocycles. The Morgan fingerprint density at radius 2 is 1.77 bits per heavy atom. The lowest BCUT2D eigenvalue weighted by Crippen LogP contribution is -2.48. The first-order valence-corrected chi connectivity index (χ1v) is 8.86. The molecule has 0 fully saturated rings. The lowest BCUT2D eigenvalue weighted by molar-refractivity contribution is -0.117. The van der Waals surface area contributed by atoms with E-state index in [1.807, 2.05) is 0 Å². The van der Waals surface area contributed by atoms with Crippen LogP contribution >= 0.6 is 34.8 Å². The maximum Gasteiger partial charge on any atom is 0.282 e. The van der Waals surface area contributed by atoms with Gasteiger partial charge < -0.3 is 0 Å². The van der Waals surface area contributed by atoms with Crippen molar-refractivity contribution in [3.63, 3.8) is 0 Å². The van der Waals surface area contributed by atoms with Gasteiger partial charge in [-0.25, -0.2) is 0 Å². The highest BCUT2D eigenvalue weighted by Gasteiger charge is 2.48. The molecule has 0 spiro atoms. The van der Waals surface area contributed by atoms with E-state index in [0.29, 0.717) is 0 Å². The van der Waals surface area contributed by atoms with Gasteiger partial charge in [0.05, 0.1) is 15.6 Å². The monoisotopic (exact) mass is 379 g/mol. The molecule has 4 nitrogen and oxygen atoms in total. The average Bonchev–Trinajstić information content (AvgIpc) is 2.49. The molecule has 1 aromatic carbocycles. The number of ketones is 1. The predicted octanol–water partition coefficient (Wildman–Crippen LogP) is 3.52. The highest BCUT2D eigenvalue weighted by molar-refractivity contribution is 7.90. The minimum Gasteiger partial charge on any atom is -0.292 e. The number of hydrogen-bond donors (Lipinski definition) is 0. The van der Waals surface area contributed by atoms with E-state index in [1.165, 1.54) is 26.0 Å². The zero-order valence-electron chi connectivity index (χ0n) is 11.7. The molecule has 1 aliphatic rings. The Bertz CT molecular complexity index is 783. The van der Waals surface area contributed by atoms with Crippen LogP contribution in [0.1, 0.15) is 13.8 Å². The van der Waals surface area contributed by atoms with Crippen LogP contribution in [0.15, 0.2) is 50.2 Å². The smallest absolute Gasteiger partial charge is 0.282 e. The molecule has 0 heterocycles. The van der Waals surface area contributed by atoms with Crippen molar-refractivity contribution in [3.05, 3.63) is 40.9 Å². The Labute approximate surface area is 143 Å². The lowest BCUT2D eigenvalue weighted by atomic mass is 9.87. The molecular formula is C14H12Cl3NO3S. The summed E-state index contributed by atoms with van der Waals surface area (Å²) in [6, 6.07) is 7.64. The summed E-state index contributed by atoms with van der Waals surface area (Å²) in [5.74, 6) is -0.449. The topological polar surface area (TPSA) is 63.6 Å². The maximum atomic E-state index is 12.3. The molecule has 22 heavy (non-hydrogen) atoms. The fourth-order valence-corrected chi connectivity index (χ4v) is 3.97. The van der Waals surface area contributed by atoms with E-state index in [2.05, 4.69) is 4.40 Å². The molecule has 2 atom stereocenters. The summed E-state index contributed by atoms with van der Waals surface area (Å²) in [5, 5.41) is -1.24. The number of rotatable bonds is 2. The van der Waals surface area contributed by atoms with Crippen molar-refractivity contribution in [2.75, 3.05) is 0 Å². The van der Waals surface area contributed by atoms with Gasteiger partial charge in [-0.05, 0) is 26.0 Å². The van der Waals surface area contributed by atoms with Crippen molar-refractivity contribution < 1.29 is 13.2 Å². The number of sulfonamides is 1. The van der Waals surface area contributed by atoms with Gasteiger partial charge in [-0.3, -0.25) is 4.79 Å². The van der Waals surface area contributed by atoms with Crippen LogP contribution in [0.3, 0.4) is 0 Å². The van der Waals surface area contributed by atoms with Crippen LogP contribution in [0.5, 0.6) is 0 Å². The molecule has 8 heteroatoms. The number of benzene rings is 1. The second kappa shape index (κ2) is 5.96. The molecule has 0 unspecified atom stereocenters. The summed E-state index contributed by atoms with van der Waals surface area (Å²) >= 11 is 18.4. The van der Waals surface area contributed by atoms with Crippen LogP contribution in [0.2, 0.25) is 0 Å². The van der Waals surface area contributed by atoms with Gasteiger partial charge in [0, 0.05) is 5.57 Å². The van der Waals surface area contributed by atoms with Crippen molar-refractivity contribution in [1.29, 1.82) is 0 Å². The third-order valence-electron chi connectivity index (χ3n) is 3.31. The number of carbonyl (C=O) groups is 1. The van der Waals surface area contributed by atoms with Crippen LogP contribution in [0.25, 0.3) is 0 Å².